The average Bonchev–Trinajstić information content (AvgIpc) is 3.31. The van der Waals surface area contributed by atoms with Crippen molar-refractivity contribution in [3.63, 3.8) is 0 Å². The lowest BCUT2D eigenvalue weighted by molar-refractivity contribution is -0.385. The Morgan fingerprint density at radius 3 is 2.81 bits per heavy atom. The van der Waals surface area contributed by atoms with Crippen molar-refractivity contribution in [2.24, 2.45) is 0 Å². The molecule has 0 saturated carbocycles. The van der Waals surface area contributed by atoms with Crippen molar-refractivity contribution in [3.8, 4) is 10.7 Å². The molecule has 0 fully saturated rings. The molecular weight excluding hydrogens is 428 g/mol. The summed E-state index contributed by atoms with van der Waals surface area (Å²) >= 11 is 4.73. The first kappa shape index (κ1) is 16.5. The molecule has 4 rings (SSSR count). The zero-order chi connectivity index (χ0) is 18.4. The van der Waals surface area contributed by atoms with Crippen LogP contribution >= 0.6 is 27.3 Å². The Labute approximate surface area is 157 Å². The lowest BCUT2D eigenvalue weighted by Gasteiger charge is -2.09. The number of rotatable bonds is 4. The fraction of sp³-hybridized carbons (Fsp3) is 0.0667. The van der Waals surface area contributed by atoms with Gasteiger partial charge in [-0.15, -0.1) is 11.3 Å². The summed E-state index contributed by atoms with van der Waals surface area (Å²) in [5.74, 6) is -0.997. The minimum absolute atomic E-state index is 0.00822. The number of nitrogens with zero attached hydrogens (tertiary/aromatic N) is 4. The van der Waals surface area contributed by atoms with E-state index in [1.807, 2.05) is 11.4 Å². The third-order valence-electron chi connectivity index (χ3n) is 3.72. The molecule has 3 aromatic rings. The predicted octanol–water partition coefficient (Wildman–Crippen LogP) is 3.27. The molecule has 0 radical (unpaired) electrons. The highest BCUT2D eigenvalue weighted by molar-refractivity contribution is 9.10. The topological polar surface area (TPSA) is 119 Å². The van der Waals surface area contributed by atoms with Gasteiger partial charge >= 0.3 is 0 Å². The number of hydrogen-bond donors (Lipinski definition) is 0. The second-order valence-corrected chi connectivity index (χ2v) is 7.12. The number of imide groups is 1. The number of carbonyl (C=O) groups excluding carboxylic acids is 2. The fourth-order valence-corrected chi connectivity index (χ4v) is 3.95. The van der Waals surface area contributed by atoms with E-state index >= 15 is 0 Å². The smallest absolute Gasteiger partial charge is 0.282 e. The average molecular weight is 435 g/mol. The van der Waals surface area contributed by atoms with E-state index in [9.17, 15) is 19.7 Å². The van der Waals surface area contributed by atoms with Crippen LogP contribution in [-0.4, -0.2) is 31.8 Å². The Balaban J connectivity index is 1.63. The highest BCUT2D eigenvalue weighted by Gasteiger charge is 2.41. The molecule has 0 unspecified atom stereocenters. The maximum atomic E-state index is 12.5. The molecule has 2 aromatic heterocycles. The van der Waals surface area contributed by atoms with E-state index in [4.69, 9.17) is 4.52 Å². The van der Waals surface area contributed by atoms with Gasteiger partial charge in [0.2, 0.25) is 11.7 Å². The molecule has 0 spiro atoms. The van der Waals surface area contributed by atoms with Gasteiger partial charge in [0.15, 0.2) is 0 Å². The standard InChI is InChI=1S/C15H7BrN4O5S/c16-7-4-10(26-6-7)13-17-11(25-18-13)5-19-14(21)8-2-1-3-9(20(23)24)12(8)15(19)22/h1-4,6H,5H2. The first-order valence-corrected chi connectivity index (χ1v) is 8.83. The van der Waals surface area contributed by atoms with Crippen LogP contribution in [0.15, 0.2) is 38.6 Å². The molecule has 11 heteroatoms. The van der Waals surface area contributed by atoms with Gasteiger partial charge in [-0.25, -0.2) is 0 Å². The number of amides is 2. The van der Waals surface area contributed by atoms with Gasteiger partial charge < -0.3 is 4.52 Å². The second kappa shape index (κ2) is 6.11. The molecule has 0 bridgehead atoms. The van der Waals surface area contributed by atoms with Crippen molar-refractivity contribution < 1.29 is 19.0 Å². The number of benzene rings is 1. The summed E-state index contributed by atoms with van der Waals surface area (Å²) in [5, 5.41) is 16.8. The van der Waals surface area contributed by atoms with E-state index in [1.165, 1.54) is 29.5 Å². The Kier molecular flexibility index (Phi) is 3.89. The quantitative estimate of drug-likeness (QED) is 0.351. The fourth-order valence-electron chi connectivity index (χ4n) is 2.60. The van der Waals surface area contributed by atoms with Gasteiger partial charge in [0.25, 0.3) is 17.5 Å². The normalized spacial score (nSPS) is 13.3. The number of carbonyl (C=O) groups is 2. The lowest BCUT2D eigenvalue weighted by Crippen LogP contribution is -2.29. The van der Waals surface area contributed by atoms with Crippen LogP contribution in [0.3, 0.4) is 0 Å². The number of fused-ring (bicyclic) bond motifs is 1. The van der Waals surface area contributed by atoms with E-state index in [-0.39, 0.29) is 23.6 Å². The number of hydrogen-bond acceptors (Lipinski definition) is 8. The summed E-state index contributed by atoms with van der Waals surface area (Å²) in [6.07, 6.45) is 0. The Morgan fingerprint density at radius 2 is 2.12 bits per heavy atom. The molecule has 1 aliphatic rings. The van der Waals surface area contributed by atoms with Gasteiger partial charge in [-0.2, -0.15) is 4.98 Å². The summed E-state index contributed by atoms with van der Waals surface area (Å²) in [6.45, 7) is -0.261. The SMILES string of the molecule is O=C1c2cccc([N+](=O)[O-])c2C(=O)N1Cc1nc(-c2cc(Br)cs2)no1. The summed E-state index contributed by atoms with van der Waals surface area (Å²) in [6, 6.07) is 5.74. The molecule has 0 saturated heterocycles. The molecule has 0 atom stereocenters. The van der Waals surface area contributed by atoms with Crippen molar-refractivity contribution in [1.82, 2.24) is 15.0 Å². The van der Waals surface area contributed by atoms with Crippen molar-refractivity contribution in [3.05, 3.63) is 61.3 Å². The van der Waals surface area contributed by atoms with E-state index in [2.05, 4.69) is 26.1 Å². The largest absolute Gasteiger partial charge is 0.337 e. The molecule has 130 valence electrons. The number of nitro groups is 1. The van der Waals surface area contributed by atoms with Crippen LogP contribution in [0.5, 0.6) is 0 Å². The van der Waals surface area contributed by atoms with Gasteiger partial charge in [0.05, 0.1) is 15.4 Å². The number of nitro benzene ring substituents is 1. The van der Waals surface area contributed by atoms with E-state index in [0.717, 1.165) is 14.2 Å². The lowest BCUT2D eigenvalue weighted by atomic mass is 10.1. The molecule has 9 nitrogen and oxygen atoms in total. The zero-order valence-corrected chi connectivity index (χ0v) is 15.1. The van der Waals surface area contributed by atoms with Gasteiger partial charge in [0.1, 0.15) is 12.1 Å². The van der Waals surface area contributed by atoms with Crippen LogP contribution in [0.1, 0.15) is 26.6 Å². The summed E-state index contributed by atoms with van der Waals surface area (Å²) < 4.78 is 5.99. The zero-order valence-electron chi connectivity index (χ0n) is 12.7. The first-order chi connectivity index (χ1) is 12.5. The summed E-state index contributed by atoms with van der Waals surface area (Å²) in [5.41, 5.74) is -0.631. The molecule has 2 amide bonds. The van der Waals surface area contributed by atoms with Gasteiger partial charge in [-0.1, -0.05) is 11.2 Å². The monoisotopic (exact) mass is 434 g/mol. The van der Waals surface area contributed by atoms with Crippen molar-refractivity contribution in [1.29, 1.82) is 0 Å². The predicted molar refractivity (Wildman–Crippen MR) is 92.6 cm³/mol. The maximum Gasteiger partial charge on any atom is 0.282 e. The molecule has 3 heterocycles. The van der Waals surface area contributed by atoms with Crippen molar-refractivity contribution in [2.45, 2.75) is 6.54 Å². The Hall–Kier alpha value is -2.92. The number of aromatic nitrogens is 2. The van der Waals surface area contributed by atoms with Crippen LogP contribution in [0.25, 0.3) is 10.7 Å². The molecule has 26 heavy (non-hydrogen) atoms. The van der Waals surface area contributed by atoms with Crippen LogP contribution in [-0.2, 0) is 6.54 Å². The third-order valence-corrected chi connectivity index (χ3v) is 5.41. The van der Waals surface area contributed by atoms with Gasteiger partial charge in [0, 0.05) is 15.9 Å². The van der Waals surface area contributed by atoms with E-state index in [1.54, 1.807) is 0 Å². The second-order valence-electron chi connectivity index (χ2n) is 5.29. The molecule has 0 aliphatic carbocycles. The maximum absolute atomic E-state index is 12.5. The highest BCUT2D eigenvalue weighted by Crippen LogP contribution is 2.32. The molecular formula is C15H7BrN4O5S. The first-order valence-electron chi connectivity index (χ1n) is 7.16. The van der Waals surface area contributed by atoms with Crippen LogP contribution in [0.2, 0.25) is 0 Å². The summed E-state index contributed by atoms with van der Waals surface area (Å²) in [7, 11) is 0. The van der Waals surface area contributed by atoms with Gasteiger partial charge in [-0.05, 0) is 28.1 Å². The van der Waals surface area contributed by atoms with Crippen LogP contribution in [0, 0.1) is 10.1 Å². The number of halogens is 1. The molecule has 0 N–H and O–H groups in total. The molecule has 1 aliphatic heterocycles. The van der Waals surface area contributed by atoms with Crippen molar-refractivity contribution >= 4 is 44.8 Å². The highest BCUT2D eigenvalue weighted by atomic mass is 79.9. The minimum Gasteiger partial charge on any atom is -0.337 e. The van der Waals surface area contributed by atoms with E-state index < -0.39 is 22.4 Å². The van der Waals surface area contributed by atoms with Crippen LogP contribution in [0.4, 0.5) is 5.69 Å². The minimum atomic E-state index is -0.754. The van der Waals surface area contributed by atoms with Gasteiger partial charge in [-0.3, -0.25) is 24.6 Å². The van der Waals surface area contributed by atoms with Crippen LogP contribution < -0.4 is 0 Å². The Bertz CT molecular complexity index is 1080. The summed E-state index contributed by atoms with van der Waals surface area (Å²) in [4.78, 5) is 41.2. The van der Waals surface area contributed by atoms with Crippen molar-refractivity contribution in [2.75, 3.05) is 0 Å². The molecule has 1 aromatic carbocycles. The Morgan fingerprint density at radius 1 is 1.31 bits per heavy atom. The van der Waals surface area contributed by atoms with E-state index in [0.29, 0.717) is 5.82 Å². The number of thiophene rings is 1. The third kappa shape index (κ3) is 2.61.